The molecule has 4 heteroatoms. The van der Waals surface area contributed by atoms with Crippen molar-refractivity contribution in [2.45, 2.75) is 6.10 Å². The van der Waals surface area contributed by atoms with Crippen LogP contribution in [-0.4, -0.2) is 26.3 Å². The summed E-state index contributed by atoms with van der Waals surface area (Å²) < 4.78 is 19.0. The Morgan fingerprint density at radius 3 is 2.71 bits per heavy atom. The highest BCUT2D eigenvalue weighted by Gasteiger charge is 2.26. The molecule has 0 aliphatic carbocycles. The summed E-state index contributed by atoms with van der Waals surface area (Å²) in [5.74, 6) is -0.213. The second-order valence-corrected chi connectivity index (χ2v) is 4.31. The topological polar surface area (TPSA) is 12.5 Å². The Kier molecular flexibility index (Phi) is 2.74. The summed E-state index contributed by atoms with van der Waals surface area (Å²) in [4.78, 5) is 2.09. The number of ether oxygens (including phenoxy) is 1. The maximum Gasteiger partial charge on any atom is 0.126 e. The Morgan fingerprint density at radius 2 is 2.14 bits per heavy atom. The molecule has 0 saturated carbocycles. The van der Waals surface area contributed by atoms with E-state index in [1.54, 1.807) is 7.11 Å². The third-order valence-electron chi connectivity index (χ3n) is 2.39. The summed E-state index contributed by atoms with van der Waals surface area (Å²) in [6, 6.07) is 4.91. The van der Waals surface area contributed by atoms with Crippen molar-refractivity contribution in [3.8, 4) is 0 Å². The monoisotopic (exact) mass is 259 g/mol. The Balaban J connectivity index is 2.10. The van der Waals surface area contributed by atoms with Crippen molar-refractivity contribution < 1.29 is 9.13 Å². The van der Waals surface area contributed by atoms with Crippen molar-refractivity contribution in [3.05, 3.63) is 28.5 Å². The Labute approximate surface area is 90.8 Å². The maximum atomic E-state index is 13.0. The summed E-state index contributed by atoms with van der Waals surface area (Å²) in [6.07, 6.45) is 0.289. The first-order valence-electron chi connectivity index (χ1n) is 4.43. The number of methoxy groups -OCH3 is 1. The highest BCUT2D eigenvalue weighted by atomic mass is 79.9. The average molecular weight is 260 g/mol. The predicted molar refractivity (Wildman–Crippen MR) is 57.1 cm³/mol. The van der Waals surface area contributed by atoms with E-state index in [0.717, 1.165) is 23.2 Å². The number of hydrogen-bond acceptors (Lipinski definition) is 2. The van der Waals surface area contributed by atoms with Crippen LogP contribution in [0.2, 0.25) is 0 Å². The number of anilines is 1. The minimum Gasteiger partial charge on any atom is -0.378 e. The zero-order valence-corrected chi connectivity index (χ0v) is 9.42. The molecule has 0 radical (unpaired) electrons. The van der Waals surface area contributed by atoms with E-state index >= 15 is 0 Å². The van der Waals surface area contributed by atoms with Gasteiger partial charge in [0.25, 0.3) is 0 Å². The normalized spacial score (nSPS) is 16.9. The SMILES string of the molecule is COC1CN(c2cc(F)cc(Br)c2)C1. The van der Waals surface area contributed by atoms with Gasteiger partial charge in [0.15, 0.2) is 0 Å². The highest BCUT2D eigenvalue weighted by Crippen LogP contribution is 2.26. The molecule has 1 aromatic carbocycles. The van der Waals surface area contributed by atoms with Gasteiger partial charge < -0.3 is 9.64 Å². The van der Waals surface area contributed by atoms with Crippen molar-refractivity contribution in [2.75, 3.05) is 25.1 Å². The maximum absolute atomic E-state index is 13.0. The van der Waals surface area contributed by atoms with Gasteiger partial charge in [0.1, 0.15) is 5.82 Å². The van der Waals surface area contributed by atoms with Crippen LogP contribution in [0.1, 0.15) is 0 Å². The first kappa shape index (κ1) is 9.93. The van der Waals surface area contributed by atoms with Crippen LogP contribution in [-0.2, 0) is 4.74 Å². The largest absolute Gasteiger partial charge is 0.378 e. The fourth-order valence-corrected chi connectivity index (χ4v) is 1.97. The highest BCUT2D eigenvalue weighted by molar-refractivity contribution is 9.10. The van der Waals surface area contributed by atoms with Crippen LogP contribution in [0.25, 0.3) is 0 Å². The molecule has 0 bridgehead atoms. The molecule has 0 amide bonds. The van der Waals surface area contributed by atoms with Gasteiger partial charge in [0.05, 0.1) is 6.10 Å². The lowest BCUT2D eigenvalue weighted by atomic mass is 10.1. The fourth-order valence-electron chi connectivity index (χ4n) is 1.52. The second kappa shape index (κ2) is 3.87. The van der Waals surface area contributed by atoms with Crippen LogP contribution in [0.5, 0.6) is 0 Å². The summed E-state index contributed by atoms with van der Waals surface area (Å²) in [5, 5.41) is 0. The molecule has 76 valence electrons. The zero-order chi connectivity index (χ0) is 10.1. The number of hydrogen-bond donors (Lipinski definition) is 0. The van der Waals surface area contributed by atoms with Crippen LogP contribution in [0.15, 0.2) is 22.7 Å². The second-order valence-electron chi connectivity index (χ2n) is 3.39. The molecule has 1 fully saturated rings. The molecule has 14 heavy (non-hydrogen) atoms. The lowest BCUT2D eigenvalue weighted by Crippen LogP contribution is -2.51. The van der Waals surface area contributed by atoms with Crippen molar-refractivity contribution in [1.29, 1.82) is 0 Å². The molecule has 1 heterocycles. The van der Waals surface area contributed by atoms with E-state index in [-0.39, 0.29) is 11.9 Å². The first-order chi connectivity index (χ1) is 6.69. The van der Waals surface area contributed by atoms with Crippen LogP contribution in [0, 0.1) is 5.82 Å². The molecular formula is C10H11BrFNO. The standard InChI is InChI=1S/C10H11BrFNO/c1-14-10-5-13(6-10)9-3-7(11)2-8(12)4-9/h2-4,10H,5-6H2,1H3. The van der Waals surface area contributed by atoms with Gasteiger partial charge in [-0.1, -0.05) is 15.9 Å². The molecule has 1 aromatic rings. The van der Waals surface area contributed by atoms with E-state index in [4.69, 9.17) is 4.74 Å². The number of benzene rings is 1. The van der Waals surface area contributed by atoms with Crippen LogP contribution >= 0.6 is 15.9 Å². The van der Waals surface area contributed by atoms with Crippen molar-refractivity contribution >= 4 is 21.6 Å². The Bertz CT molecular complexity index is 319. The van der Waals surface area contributed by atoms with Gasteiger partial charge in [-0.3, -0.25) is 0 Å². The fraction of sp³-hybridized carbons (Fsp3) is 0.400. The van der Waals surface area contributed by atoms with Crippen LogP contribution in [0.4, 0.5) is 10.1 Å². The van der Waals surface area contributed by atoms with E-state index in [2.05, 4.69) is 20.8 Å². The van der Waals surface area contributed by atoms with E-state index in [0.29, 0.717) is 0 Å². The lowest BCUT2D eigenvalue weighted by molar-refractivity contribution is 0.0787. The number of rotatable bonds is 2. The summed E-state index contributed by atoms with van der Waals surface area (Å²) >= 11 is 3.27. The van der Waals surface area contributed by atoms with Gasteiger partial charge in [-0.2, -0.15) is 0 Å². The summed E-state index contributed by atoms with van der Waals surface area (Å²) in [6.45, 7) is 1.68. The number of nitrogens with zero attached hydrogens (tertiary/aromatic N) is 1. The minimum absolute atomic E-state index is 0.213. The van der Waals surface area contributed by atoms with Crippen molar-refractivity contribution in [2.24, 2.45) is 0 Å². The molecule has 0 N–H and O–H groups in total. The lowest BCUT2D eigenvalue weighted by Gasteiger charge is -2.40. The van der Waals surface area contributed by atoms with E-state index in [9.17, 15) is 4.39 Å². The van der Waals surface area contributed by atoms with Gasteiger partial charge in [-0.15, -0.1) is 0 Å². The zero-order valence-electron chi connectivity index (χ0n) is 7.84. The van der Waals surface area contributed by atoms with Gasteiger partial charge >= 0.3 is 0 Å². The van der Waals surface area contributed by atoms with Crippen LogP contribution < -0.4 is 4.90 Å². The smallest absolute Gasteiger partial charge is 0.126 e. The molecular weight excluding hydrogens is 249 g/mol. The molecule has 0 aromatic heterocycles. The molecule has 0 atom stereocenters. The molecule has 2 rings (SSSR count). The van der Waals surface area contributed by atoms with Gasteiger partial charge in [0, 0.05) is 30.4 Å². The quantitative estimate of drug-likeness (QED) is 0.809. The first-order valence-corrected chi connectivity index (χ1v) is 5.22. The molecule has 1 saturated heterocycles. The van der Waals surface area contributed by atoms with Gasteiger partial charge in [0.2, 0.25) is 0 Å². The van der Waals surface area contributed by atoms with Gasteiger partial charge in [-0.25, -0.2) is 4.39 Å². The average Bonchev–Trinajstić information content (AvgIpc) is 2.00. The predicted octanol–water partition coefficient (Wildman–Crippen LogP) is 2.42. The van der Waals surface area contributed by atoms with E-state index in [1.165, 1.54) is 12.1 Å². The Morgan fingerprint density at radius 1 is 1.43 bits per heavy atom. The van der Waals surface area contributed by atoms with Crippen molar-refractivity contribution in [1.82, 2.24) is 0 Å². The Hall–Kier alpha value is -0.610. The molecule has 0 unspecified atom stereocenters. The molecule has 1 aliphatic rings. The van der Waals surface area contributed by atoms with E-state index in [1.807, 2.05) is 6.07 Å². The van der Waals surface area contributed by atoms with Crippen LogP contribution in [0.3, 0.4) is 0 Å². The molecule has 0 spiro atoms. The van der Waals surface area contributed by atoms with Gasteiger partial charge in [-0.05, 0) is 18.2 Å². The summed E-state index contributed by atoms with van der Waals surface area (Å²) in [5.41, 5.74) is 0.908. The minimum atomic E-state index is -0.213. The third-order valence-corrected chi connectivity index (χ3v) is 2.85. The number of halogens is 2. The molecule has 2 nitrogen and oxygen atoms in total. The molecule has 1 aliphatic heterocycles. The van der Waals surface area contributed by atoms with E-state index < -0.39 is 0 Å². The van der Waals surface area contributed by atoms with Crippen molar-refractivity contribution in [3.63, 3.8) is 0 Å². The third kappa shape index (κ3) is 1.91. The summed E-state index contributed by atoms with van der Waals surface area (Å²) in [7, 11) is 1.70.